The van der Waals surface area contributed by atoms with Gasteiger partial charge in [0, 0.05) is 16.7 Å². The second-order valence-electron chi connectivity index (χ2n) is 3.63. The average Bonchev–Trinajstić information content (AvgIpc) is 2.03. The van der Waals surface area contributed by atoms with Crippen molar-refractivity contribution in [2.75, 3.05) is 0 Å². The van der Waals surface area contributed by atoms with Gasteiger partial charge in [0.05, 0.1) is 5.69 Å². The predicted molar refractivity (Wildman–Crippen MR) is 58.4 cm³/mol. The monoisotopic (exact) mass is 242 g/mol. The third-order valence-corrected chi connectivity index (χ3v) is 2.55. The van der Waals surface area contributed by atoms with E-state index in [9.17, 15) is 0 Å². The number of nitrogens with two attached hydrogens (primary N) is 1. The van der Waals surface area contributed by atoms with E-state index in [0.29, 0.717) is 5.92 Å². The van der Waals surface area contributed by atoms with E-state index in [1.807, 2.05) is 13.0 Å². The smallest absolute Gasteiger partial charge is 0.0603 e. The Morgan fingerprint density at radius 2 is 2.08 bits per heavy atom. The molecule has 0 aliphatic rings. The van der Waals surface area contributed by atoms with Crippen LogP contribution in [0.1, 0.15) is 31.1 Å². The lowest BCUT2D eigenvalue weighted by Crippen LogP contribution is -2.19. The Bertz CT molecular complexity index is 297. The van der Waals surface area contributed by atoms with E-state index >= 15 is 0 Å². The molecule has 1 rings (SSSR count). The molecule has 0 amide bonds. The lowest BCUT2D eigenvalue weighted by Gasteiger charge is -2.16. The molecule has 0 radical (unpaired) electrons. The van der Waals surface area contributed by atoms with Crippen LogP contribution < -0.4 is 5.73 Å². The number of rotatable bonds is 2. The standard InChI is InChI=1S/C10H15BrN2/c1-6(2)9(12)10-7(3)4-8(11)5-13-10/h4-6,9H,12H2,1-3H3/t9-/m1/s1. The van der Waals surface area contributed by atoms with Gasteiger partial charge >= 0.3 is 0 Å². The zero-order chi connectivity index (χ0) is 10.0. The van der Waals surface area contributed by atoms with Gasteiger partial charge in [-0.15, -0.1) is 0 Å². The zero-order valence-corrected chi connectivity index (χ0v) is 9.80. The molecular formula is C10H15BrN2. The van der Waals surface area contributed by atoms with Gasteiger partial charge in [-0.1, -0.05) is 13.8 Å². The third-order valence-electron chi connectivity index (χ3n) is 2.12. The molecule has 0 aliphatic heterocycles. The van der Waals surface area contributed by atoms with Crippen LogP contribution in [0.3, 0.4) is 0 Å². The molecule has 0 saturated carbocycles. The molecule has 0 bridgehead atoms. The van der Waals surface area contributed by atoms with E-state index < -0.39 is 0 Å². The van der Waals surface area contributed by atoms with Crippen molar-refractivity contribution in [3.05, 3.63) is 28.0 Å². The van der Waals surface area contributed by atoms with Crippen molar-refractivity contribution in [1.82, 2.24) is 4.98 Å². The topological polar surface area (TPSA) is 38.9 Å². The molecule has 0 fully saturated rings. The highest BCUT2D eigenvalue weighted by Gasteiger charge is 2.13. The summed E-state index contributed by atoms with van der Waals surface area (Å²) in [6, 6.07) is 2.08. The third kappa shape index (κ3) is 2.51. The van der Waals surface area contributed by atoms with Gasteiger partial charge in [-0.05, 0) is 40.4 Å². The maximum absolute atomic E-state index is 6.01. The van der Waals surface area contributed by atoms with Crippen LogP contribution in [0.4, 0.5) is 0 Å². The second kappa shape index (κ2) is 4.20. The minimum Gasteiger partial charge on any atom is -0.322 e. The molecule has 13 heavy (non-hydrogen) atoms. The molecule has 1 atom stereocenters. The van der Waals surface area contributed by atoms with Gasteiger partial charge in [-0.3, -0.25) is 4.98 Å². The number of hydrogen-bond donors (Lipinski definition) is 1. The Kier molecular flexibility index (Phi) is 3.45. The van der Waals surface area contributed by atoms with Crippen LogP contribution in [0, 0.1) is 12.8 Å². The molecule has 3 heteroatoms. The summed E-state index contributed by atoms with van der Waals surface area (Å²) in [5.74, 6) is 0.423. The summed E-state index contributed by atoms with van der Waals surface area (Å²) in [7, 11) is 0. The van der Waals surface area contributed by atoms with Crippen molar-refractivity contribution in [1.29, 1.82) is 0 Å². The Balaban J connectivity index is 3.01. The molecule has 2 N–H and O–H groups in total. The zero-order valence-electron chi connectivity index (χ0n) is 8.21. The summed E-state index contributed by atoms with van der Waals surface area (Å²) in [6.07, 6.45) is 1.80. The molecule has 0 aliphatic carbocycles. The van der Waals surface area contributed by atoms with Crippen LogP contribution in [-0.2, 0) is 0 Å². The van der Waals surface area contributed by atoms with Gasteiger partial charge in [0.2, 0.25) is 0 Å². The first-order valence-electron chi connectivity index (χ1n) is 4.40. The fourth-order valence-electron chi connectivity index (χ4n) is 1.22. The number of hydrogen-bond acceptors (Lipinski definition) is 2. The number of nitrogens with zero attached hydrogens (tertiary/aromatic N) is 1. The molecule has 0 aromatic carbocycles. The van der Waals surface area contributed by atoms with Gasteiger partial charge < -0.3 is 5.73 Å². The predicted octanol–water partition coefficient (Wildman–Crippen LogP) is 2.81. The Labute approximate surface area is 87.7 Å². The van der Waals surface area contributed by atoms with Gasteiger partial charge in [-0.2, -0.15) is 0 Å². The normalized spacial score (nSPS) is 13.4. The van der Waals surface area contributed by atoms with E-state index in [1.165, 1.54) is 0 Å². The van der Waals surface area contributed by atoms with Gasteiger partial charge in [0.15, 0.2) is 0 Å². The summed E-state index contributed by atoms with van der Waals surface area (Å²) in [5.41, 5.74) is 8.16. The van der Waals surface area contributed by atoms with Crippen molar-refractivity contribution in [2.24, 2.45) is 11.7 Å². The van der Waals surface area contributed by atoms with Crippen LogP contribution in [0.5, 0.6) is 0 Å². The fraction of sp³-hybridized carbons (Fsp3) is 0.500. The van der Waals surface area contributed by atoms with E-state index in [2.05, 4.69) is 34.8 Å². The highest BCUT2D eigenvalue weighted by Crippen LogP contribution is 2.22. The maximum atomic E-state index is 6.01. The number of pyridine rings is 1. The summed E-state index contributed by atoms with van der Waals surface area (Å²) < 4.78 is 1.00. The molecular weight excluding hydrogens is 228 g/mol. The molecule has 1 heterocycles. The highest BCUT2D eigenvalue weighted by molar-refractivity contribution is 9.10. The number of halogens is 1. The molecule has 0 saturated heterocycles. The van der Waals surface area contributed by atoms with Crippen LogP contribution in [0.25, 0.3) is 0 Å². The van der Waals surface area contributed by atoms with E-state index in [4.69, 9.17) is 5.73 Å². The molecule has 72 valence electrons. The average molecular weight is 243 g/mol. The molecule has 2 nitrogen and oxygen atoms in total. The van der Waals surface area contributed by atoms with Crippen molar-refractivity contribution in [3.8, 4) is 0 Å². The quantitative estimate of drug-likeness (QED) is 0.867. The van der Waals surface area contributed by atoms with Crippen molar-refractivity contribution in [2.45, 2.75) is 26.8 Å². The van der Waals surface area contributed by atoms with Crippen LogP contribution >= 0.6 is 15.9 Å². The lowest BCUT2D eigenvalue weighted by atomic mass is 9.98. The first kappa shape index (κ1) is 10.7. The second-order valence-corrected chi connectivity index (χ2v) is 4.54. The van der Waals surface area contributed by atoms with E-state index in [0.717, 1.165) is 15.7 Å². The molecule has 0 unspecified atom stereocenters. The van der Waals surface area contributed by atoms with Gasteiger partial charge in [0.25, 0.3) is 0 Å². The fourth-order valence-corrected chi connectivity index (χ4v) is 1.66. The van der Waals surface area contributed by atoms with Crippen LogP contribution in [-0.4, -0.2) is 4.98 Å². The first-order chi connectivity index (χ1) is 6.02. The highest BCUT2D eigenvalue weighted by atomic mass is 79.9. The van der Waals surface area contributed by atoms with Crippen LogP contribution in [0.15, 0.2) is 16.7 Å². The minimum absolute atomic E-state index is 0.0353. The van der Waals surface area contributed by atoms with Crippen molar-refractivity contribution in [3.63, 3.8) is 0 Å². The van der Waals surface area contributed by atoms with E-state index in [1.54, 1.807) is 6.20 Å². The first-order valence-corrected chi connectivity index (χ1v) is 5.19. The Morgan fingerprint density at radius 3 is 2.54 bits per heavy atom. The van der Waals surface area contributed by atoms with Gasteiger partial charge in [0.1, 0.15) is 0 Å². The minimum atomic E-state index is 0.0353. The summed E-state index contributed by atoms with van der Waals surface area (Å²) in [5, 5.41) is 0. The number of aryl methyl sites for hydroxylation is 1. The van der Waals surface area contributed by atoms with Crippen LogP contribution in [0.2, 0.25) is 0 Å². The molecule has 0 spiro atoms. The molecule has 1 aromatic rings. The van der Waals surface area contributed by atoms with E-state index in [-0.39, 0.29) is 6.04 Å². The summed E-state index contributed by atoms with van der Waals surface area (Å²) in [6.45, 7) is 6.25. The lowest BCUT2D eigenvalue weighted by molar-refractivity contribution is 0.500. The summed E-state index contributed by atoms with van der Waals surface area (Å²) in [4.78, 5) is 4.33. The Hall–Kier alpha value is -0.410. The molecule has 1 aromatic heterocycles. The maximum Gasteiger partial charge on any atom is 0.0603 e. The van der Waals surface area contributed by atoms with Gasteiger partial charge in [-0.25, -0.2) is 0 Å². The number of aromatic nitrogens is 1. The Morgan fingerprint density at radius 1 is 1.46 bits per heavy atom. The van der Waals surface area contributed by atoms with Crippen molar-refractivity contribution >= 4 is 15.9 Å². The summed E-state index contributed by atoms with van der Waals surface area (Å²) >= 11 is 3.38. The SMILES string of the molecule is Cc1cc(Br)cnc1[C@H](N)C(C)C. The van der Waals surface area contributed by atoms with Crippen molar-refractivity contribution < 1.29 is 0 Å². The largest absolute Gasteiger partial charge is 0.322 e.